The highest BCUT2D eigenvalue weighted by molar-refractivity contribution is 7.09. The lowest BCUT2D eigenvalue weighted by Gasteiger charge is -2.02. The van der Waals surface area contributed by atoms with Crippen molar-refractivity contribution in [2.75, 3.05) is 7.11 Å². The Hall–Kier alpha value is -1.47. The van der Waals surface area contributed by atoms with Gasteiger partial charge in [-0.15, -0.1) is 0 Å². The Morgan fingerprint density at radius 3 is 2.79 bits per heavy atom. The molecule has 2 rings (SSSR count). The number of hydrogen-bond acceptors (Lipinski definition) is 6. The Balaban J connectivity index is 2.06. The van der Waals surface area contributed by atoms with Crippen LogP contribution in [0.25, 0.3) is 0 Å². The second kappa shape index (κ2) is 5.66. The summed E-state index contributed by atoms with van der Waals surface area (Å²) in [5, 5.41) is 3.85. The van der Waals surface area contributed by atoms with Gasteiger partial charge in [-0.05, 0) is 20.8 Å². The molecule has 0 fully saturated rings. The summed E-state index contributed by atoms with van der Waals surface area (Å²) in [5.41, 5.74) is 1.000. The minimum absolute atomic E-state index is 0.0556. The van der Waals surface area contributed by atoms with Crippen molar-refractivity contribution in [1.29, 1.82) is 0 Å². The van der Waals surface area contributed by atoms with Crippen molar-refractivity contribution in [3.8, 4) is 0 Å². The van der Waals surface area contributed by atoms with Gasteiger partial charge in [0, 0.05) is 30.6 Å². The van der Waals surface area contributed by atoms with Crippen LogP contribution < -0.4 is 4.87 Å². The van der Waals surface area contributed by atoms with E-state index in [9.17, 15) is 4.79 Å². The molecule has 0 bridgehead atoms. The summed E-state index contributed by atoms with van der Waals surface area (Å²) in [7, 11) is 1.59. The van der Waals surface area contributed by atoms with Crippen LogP contribution in [-0.2, 0) is 17.7 Å². The van der Waals surface area contributed by atoms with E-state index >= 15 is 0 Å². The van der Waals surface area contributed by atoms with E-state index in [1.165, 1.54) is 11.3 Å². The van der Waals surface area contributed by atoms with Crippen LogP contribution >= 0.6 is 11.3 Å². The number of ether oxygens (including phenoxy) is 1. The van der Waals surface area contributed by atoms with Crippen molar-refractivity contribution in [3.63, 3.8) is 0 Å². The van der Waals surface area contributed by atoms with Gasteiger partial charge in [-0.25, -0.2) is 0 Å². The fourth-order valence-electron chi connectivity index (χ4n) is 1.69. The summed E-state index contributed by atoms with van der Waals surface area (Å²) < 4.78 is 12.0. The third-order valence-electron chi connectivity index (χ3n) is 3.13. The highest BCUT2D eigenvalue weighted by Crippen LogP contribution is 2.13. The maximum atomic E-state index is 11.7. The van der Waals surface area contributed by atoms with E-state index < -0.39 is 0 Å². The fraction of sp³-hybridized carbons (Fsp3) is 0.583. The molecule has 0 aliphatic carbocycles. The Morgan fingerprint density at radius 2 is 2.21 bits per heavy atom. The first kappa shape index (κ1) is 14.0. The van der Waals surface area contributed by atoms with Gasteiger partial charge in [0.2, 0.25) is 5.89 Å². The molecule has 2 aromatic heterocycles. The number of methoxy groups -OCH3 is 1. The zero-order chi connectivity index (χ0) is 14.0. The van der Waals surface area contributed by atoms with E-state index in [1.807, 2.05) is 20.8 Å². The molecule has 1 unspecified atom stereocenters. The molecule has 0 N–H and O–H groups in total. The van der Waals surface area contributed by atoms with Crippen molar-refractivity contribution >= 4 is 11.3 Å². The first-order chi connectivity index (χ1) is 9.02. The Bertz CT molecular complexity index is 614. The lowest BCUT2D eigenvalue weighted by molar-refractivity contribution is 0.109. The number of aromatic nitrogens is 3. The lowest BCUT2D eigenvalue weighted by atomic mass is 10.3. The fourth-order valence-corrected chi connectivity index (χ4v) is 2.55. The molecule has 0 saturated carbocycles. The quantitative estimate of drug-likeness (QED) is 0.837. The van der Waals surface area contributed by atoms with Crippen LogP contribution in [-0.4, -0.2) is 21.8 Å². The lowest BCUT2D eigenvalue weighted by Crippen LogP contribution is -2.16. The van der Waals surface area contributed by atoms with E-state index in [2.05, 4.69) is 10.1 Å². The van der Waals surface area contributed by atoms with Crippen molar-refractivity contribution in [3.05, 3.63) is 32.0 Å². The topological polar surface area (TPSA) is 70.2 Å². The van der Waals surface area contributed by atoms with Gasteiger partial charge in [-0.3, -0.25) is 4.79 Å². The molecular formula is C12H17N3O3S. The minimum atomic E-state index is -0.189. The SMILES string of the molecule is COC(C)c1noc(CCn2c(C)c(C)sc2=O)n1. The van der Waals surface area contributed by atoms with Crippen LogP contribution in [0.2, 0.25) is 0 Å². The molecule has 2 aromatic rings. The average Bonchev–Trinajstić information content (AvgIpc) is 2.94. The zero-order valence-electron chi connectivity index (χ0n) is 11.5. The molecule has 6 nitrogen and oxygen atoms in total. The van der Waals surface area contributed by atoms with Crippen LogP contribution in [0.1, 0.15) is 35.3 Å². The van der Waals surface area contributed by atoms with Gasteiger partial charge in [0.05, 0.1) is 0 Å². The highest BCUT2D eigenvalue weighted by Gasteiger charge is 2.14. The maximum Gasteiger partial charge on any atom is 0.307 e. The molecule has 2 heterocycles. The van der Waals surface area contributed by atoms with Gasteiger partial charge in [0.1, 0.15) is 6.10 Å². The molecule has 19 heavy (non-hydrogen) atoms. The van der Waals surface area contributed by atoms with E-state index in [-0.39, 0.29) is 11.0 Å². The summed E-state index contributed by atoms with van der Waals surface area (Å²) in [6, 6.07) is 0. The third kappa shape index (κ3) is 2.93. The van der Waals surface area contributed by atoms with Gasteiger partial charge in [-0.1, -0.05) is 16.5 Å². The van der Waals surface area contributed by atoms with Gasteiger partial charge in [-0.2, -0.15) is 4.98 Å². The van der Waals surface area contributed by atoms with Gasteiger partial charge < -0.3 is 13.8 Å². The van der Waals surface area contributed by atoms with E-state index in [1.54, 1.807) is 11.7 Å². The Kier molecular flexibility index (Phi) is 4.16. The summed E-state index contributed by atoms with van der Waals surface area (Å²) in [4.78, 5) is 17.1. The van der Waals surface area contributed by atoms with Crippen molar-refractivity contribution in [1.82, 2.24) is 14.7 Å². The average molecular weight is 283 g/mol. The number of nitrogens with zero attached hydrogens (tertiary/aromatic N) is 3. The van der Waals surface area contributed by atoms with E-state index in [0.29, 0.717) is 24.7 Å². The van der Waals surface area contributed by atoms with Crippen molar-refractivity contribution < 1.29 is 9.26 Å². The number of hydrogen-bond donors (Lipinski definition) is 0. The minimum Gasteiger partial charge on any atom is -0.374 e. The van der Waals surface area contributed by atoms with Crippen LogP contribution in [0.4, 0.5) is 0 Å². The highest BCUT2D eigenvalue weighted by atomic mass is 32.1. The van der Waals surface area contributed by atoms with Gasteiger partial charge in [0.15, 0.2) is 5.82 Å². The smallest absolute Gasteiger partial charge is 0.307 e. The maximum absolute atomic E-state index is 11.7. The van der Waals surface area contributed by atoms with Crippen LogP contribution in [0.5, 0.6) is 0 Å². The summed E-state index contributed by atoms with van der Waals surface area (Å²) in [6.07, 6.45) is 0.353. The number of thiazole rings is 1. The molecule has 0 radical (unpaired) electrons. The summed E-state index contributed by atoms with van der Waals surface area (Å²) in [5.74, 6) is 1.05. The molecule has 0 aliphatic rings. The molecule has 0 amide bonds. The predicted molar refractivity (Wildman–Crippen MR) is 71.5 cm³/mol. The predicted octanol–water partition coefficient (Wildman–Crippen LogP) is 1.86. The van der Waals surface area contributed by atoms with E-state index in [0.717, 1.165) is 10.6 Å². The second-order valence-corrected chi connectivity index (χ2v) is 5.50. The molecule has 7 heteroatoms. The van der Waals surface area contributed by atoms with Gasteiger partial charge in [0.25, 0.3) is 0 Å². The third-order valence-corrected chi connectivity index (χ3v) is 4.12. The molecule has 0 saturated heterocycles. The number of rotatable bonds is 5. The zero-order valence-corrected chi connectivity index (χ0v) is 12.3. The van der Waals surface area contributed by atoms with E-state index in [4.69, 9.17) is 9.26 Å². The number of aryl methyl sites for hydroxylation is 2. The van der Waals surface area contributed by atoms with Crippen LogP contribution in [0.15, 0.2) is 9.32 Å². The first-order valence-electron chi connectivity index (χ1n) is 6.05. The molecule has 0 aromatic carbocycles. The van der Waals surface area contributed by atoms with Crippen LogP contribution in [0, 0.1) is 13.8 Å². The summed E-state index contributed by atoms with van der Waals surface area (Å²) in [6.45, 7) is 6.30. The molecular weight excluding hydrogens is 266 g/mol. The Morgan fingerprint density at radius 1 is 1.47 bits per heavy atom. The molecule has 104 valence electrons. The summed E-state index contributed by atoms with van der Waals surface area (Å²) >= 11 is 1.27. The standard InChI is InChI=1S/C12H17N3O3S/c1-7-9(3)19-12(16)15(7)6-5-10-13-11(14-18-10)8(2)17-4/h8H,5-6H2,1-4H3. The molecule has 1 atom stereocenters. The first-order valence-corrected chi connectivity index (χ1v) is 6.86. The Labute approximate surface area is 115 Å². The monoisotopic (exact) mass is 283 g/mol. The van der Waals surface area contributed by atoms with Crippen LogP contribution in [0.3, 0.4) is 0 Å². The second-order valence-electron chi connectivity index (χ2n) is 4.34. The van der Waals surface area contributed by atoms with Gasteiger partial charge >= 0.3 is 4.87 Å². The normalized spacial score (nSPS) is 12.8. The van der Waals surface area contributed by atoms with Crippen molar-refractivity contribution in [2.24, 2.45) is 0 Å². The molecule has 0 aliphatic heterocycles. The largest absolute Gasteiger partial charge is 0.374 e. The van der Waals surface area contributed by atoms with Crippen molar-refractivity contribution in [2.45, 2.75) is 39.8 Å². The molecule has 0 spiro atoms.